The van der Waals surface area contributed by atoms with Crippen LogP contribution in [0, 0.1) is 11.8 Å². The Morgan fingerprint density at radius 2 is 1.89 bits per heavy atom. The summed E-state index contributed by atoms with van der Waals surface area (Å²) in [5.74, 6) is 1.82. The first-order valence-corrected chi connectivity index (χ1v) is 7.41. The molecule has 1 aliphatic heterocycles. The van der Waals surface area contributed by atoms with Crippen LogP contribution in [0.25, 0.3) is 0 Å². The van der Waals surface area contributed by atoms with Gasteiger partial charge in [-0.3, -0.25) is 0 Å². The van der Waals surface area contributed by atoms with Crippen LogP contribution in [0.1, 0.15) is 32.3 Å². The van der Waals surface area contributed by atoms with Crippen LogP contribution in [-0.4, -0.2) is 19.1 Å². The molecule has 1 saturated carbocycles. The first-order valence-electron chi connectivity index (χ1n) is 7.41. The van der Waals surface area contributed by atoms with Gasteiger partial charge in [-0.05, 0) is 43.3 Å². The molecular formula is C16H26N2. The van der Waals surface area contributed by atoms with E-state index in [-0.39, 0.29) is 0 Å². The maximum atomic E-state index is 3.73. The molecule has 2 nitrogen and oxygen atoms in total. The van der Waals surface area contributed by atoms with Crippen LogP contribution < -0.4 is 10.6 Å². The predicted molar refractivity (Wildman–Crippen MR) is 77.5 cm³/mol. The van der Waals surface area contributed by atoms with Crippen LogP contribution in [0.2, 0.25) is 0 Å². The van der Waals surface area contributed by atoms with Gasteiger partial charge in [0.05, 0.1) is 0 Å². The highest BCUT2D eigenvalue weighted by Crippen LogP contribution is 2.34. The quantitative estimate of drug-likeness (QED) is 0.857. The minimum atomic E-state index is 0.736. The number of rotatable bonds is 3. The van der Waals surface area contributed by atoms with Crippen molar-refractivity contribution in [1.29, 1.82) is 0 Å². The van der Waals surface area contributed by atoms with Gasteiger partial charge in [-0.2, -0.15) is 0 Å². The van der Waals surface area contributed by atoms with E-state index in [0.29, 0.717) is 0 Å². The monoisotopic (exact) mass is 246 g/mol. The zero-order valence-corrected chi connectivity index (χ0v) is 11.7. The molecule has 3 rings (SSSR count). The summed E-state index contributed by atoms with van der Waals surface area (Å²) in [7, 11) is 0. The Kier molecular flexibility index (Phi) is 5.21. The lowest BCUT2D eigenvalue weighted by Gasteiger charge is -2.19. The first-order chi connectivity index (χ1) is 8.93. The summed E-state index contributed by atoms with van der Waals surface area (Å²) in [5.41, 5.74) is 1.40. The van der Waals surface area contributed by atoms with E-state index in [2.05, 4.69) is 41.0 Å². The molecule has 0 spiro atoms. The van der Waals surface area contributed by atoms with Gasteiger partial charge in [-0.15, -0.1) is 0 Å². The highest BCUT2D eigenvalue weighted by Gasteiger charge is 2.38. The van der Waals surface area contributed by atoms with Gasteiger partial charge in [-0.1, -0.05) is 44.2 Å². The summed E-state index contributed by atoms with van der Waals surface area (Å²) in [6.45, 7) is 7.49. The molecule has 2 fully saturated rings. The molecule has 18 heavy (non-hydrogen) atoms. The Balaban J connectivity index is 0.000000574. The average molecular weight is 246 g/mol. The van der Waals surface area contributed by atoms with Gasteiger partial charge < -0.3 is 10.6 Å². The number of nitrogens with one attached hydrogen (secondary N) is 2. The molecule has 100 valence electrons. The summed E-state index contributed by atoms with van der Waals surface area (Å²) in [4.78, 5) is 0. The minimum Gasteiger partial charge on any atom is -0.316 e. The molecule has 1 saturated heterocycles. The maximum absolute atomic E-state index is 3.73. The molecule has 2 aliphatic rings. The normalized spacial score (nSPS) is 29.6. The minimum absolute atomic E-state index is 0.736. The van der Waals surface area contributed by atoms with Crippen LogP contribution in [0.5, 0.6) is 0 Å². The van der Waals surface area contributed by atoms with E-state index in [1.165, 1.54) is 31.5 Å². The summed E-state index contributed by atoms with van der Waals surface area (Å²) < 4.78 is 0. The fraction of sp³-hybridized carbons (Fsp3) is 0.625. The number of fused-ring (bicyclic) bond motifs is 1. The molecule has 0 radical (unpaired) electrons. The van der Waals surface area contributed by atoms with Crippen molar-refractivity contribution in [2.24, 2.45) is 11.8 Å². The molecule has 3 unspecified atom stereocenters. The van der Waals surface area contributed by atoms with Crippen molar-refractivity contribution in [1.82, 2.24) is 10.6 Å². The van der Waals surface area contributed by atoms with E-state index in [1.807, 2.05) is 13.8 Å². The first kappa shape index (κ1) is 13.6. The molecule has 0 amide bonds. The Bertz CT molecular complexity index is 336. The Hall–Kier alpha value is -0.860. The van der Waals surface area contributed by atoms with Gasteiger partial charge in [0.2, 0.25) is 0 Å². The van der Waals surface area contributed by atoms with Crippen molar-refractivity contribution in [2.45, 2.75) is 39.3 Å². The van der Waals surface area contributed by atoms with Crippen LogP contribution in [0.15, 0.2) is 30.3 Å². The summed E-state index contributed by atoms with van der Waals surface area (Å²) in [6.07, 6.45) is 2.77. The second-order valence-corrected chi connectivity index (χ2v) is 5.13. The van der Waals surface area contributed by atoms with E-state index in [4.69, 9.17) is 0 Å². The highest BCUT2D eigenvalue weighted by atomic mass is 15.0. The van der Waals surface area contributed by atoms with Gasteiger partial charge >= 0.3 is 0 Å². The molecule has 2 heteroatoms. The van der Waals surface area contributed by atoms with Crippen LogP contribution in [-0.2, 0) is 6.54 Å². The van der Waals surface area contributed by atoms with Gasteiger partial charge in [0.25, 0.3) is 0 Å². The van der Waals surface area contributed by atoms with Crippen molar-refractivity contribution in [2.75, 3.05) is 13.1 Å². The summed E-state index contributed by atoms with van der Waals surface area (Å²) >= 11 is 0. The molecule has 1 aliphatic carbocycles. The average Bonchev–Trinajstić information content (AvgIpc) is 3.03. The third kappa shape index (κ3) is 3.12. The highest BCUT2D eigenvalue weighted by molar-refractivity contribution is 5.14. The number of hydrogen-bond donors (Lipinski definition) is 2. The summed E-state index contributed by atoms with van der Waals surface area (Å²) in [6, 6.07) is 11.5. The van der Waals surface area contributed by atoms with E-state index in [0.717, 1.165) is 24.4 Å². The van der Waals surface area contributed by atoms with Crippen molar-refractivity contribution >= 4 is 0 Å². The maximum Gasteiger partial charge on any atom is 0.0208 e. The lowest BCUT2D eigenvalue weighted by Crippen LogP contribution is -2.34. The Morgan fingerprint density at radius 3 is 2.67 bits per heavy atom. The molecule has 2 N–H and O–H groups in total. The molecule has 1 heterocycles. The second kappa shape index (κ2) is 6.91. The Morgan fingerprint density at radius 1 is 1.11 bits per heavy atom. The van der Waals surface area contributed by atoms with Crippen LogP contribution in [0.3, 0.4) is 0 Å². The van der Waals surface area contributed by atoms with E-state index >= 15 is 0 Å². The zero-order chi connectivity index (χ0) is 12.8. The lowest BCUT2D eigenvalue weighted by atomic mass is 9.97. The fourth-order valence-electron chi connectivity index (χ4n) is 3.25. The fourth-order valence-corrected chi connectivity index (χ4v) is 3.25. The topological polar surface area (TPSA) is 24.1 Å². The molecule has 0 bridgehead atoms. The molecule has 0 aromatic heterocycles. The van der Waals surface area contributed by atoms with Gasteiger partial charge in [0.15, 0.2) is 0 Å². The van der Waals surface area contributed by atoms with Gasteiger partial charge in [0, 0.05) is 12.6 Å². The van der Waals surface area contributed by atoms with Crippen molar-refractivity contribution in [3.05, 3.63) is 35.9 Å². The lowest BCUT2D eigenvalue weighted by molar-refractivity contribution is 0.388. The Labute approximate surface area is 111 Å². The van der Waals surface area contributed by atoms with E-state index < -0.39 is 0 Å². The summed E-state index contributed by atoms with van der Waals surface area (Å²) in [5, 5.41) is 7.24. The smallest absolute Gasteiger partial charge is 0.0208 e. The SMILES string of the molecule is CC.c1ccc(CNC2CCC3CNCC32)cc1. The standard InChI is InChI=1S/C14H20N2.C2H6/c1-2-4-11(5-3-1)8-16-14-7-6-12-9-15-10-13(12)14;1-2/h1-5,12-16H,6-10H2;1-2H3. The van der Waals surface area contributed by atoms with Crippen molar-refractivity contribution in [3.8, 4) is 0 Å². The van der Waals surface area contributed by atoms with Gasteiger partial charge in [-0.25, -0.2) is 0 Å². The predicted octanol–water partition coefficient (Wildman–Crippen LogP) is 2.80. The second-order valence-electron chi connectivity index (χ2n) is 5.13. The van der Waals surface area contributed by atoms with E-state index in [1.54, 1.807) is 0 Å². The number of benzene rings is 1. The third-order valence-corrected chi connectivity index (χ3v) is 4.17. The largest absolute Gasteiger partial charge is 0.316 e. The molecule has 1 aromatic carbocycles. The number of hydrogen-bond acceptors (Lipinski definition) is 2. The van der Waals surface area contributed by atoms with Crippen LogP contribution >= 0.6 is 0 Å². The van der Waals surface area contributed by atoms with Crippen molar-refractivity contribution in [3.63, 3.8) is 0 Å². The van der Waals surface area contributed by atoms with Crippen molar-refractivity contribution < 1.29 is 0 Å². The molecular weight excluding hydrogens is 220 g/mol. The molecule has 1 aromatic rings. The third-order valence-electron chi connectivity index (χ3n) is 4.17. The van der Waals surface area contributed by atoms with Crippen LogP contribution in [0.4, 0.5) is 0 Å². The molecule has 3 atom stereocenters. The van der Waals surface area contributed by atoms with Gasteiger partial charge in [0.1, 0.15) is 0 Å². The van der Waals surface area contributed by atoms with E-state index in [9.17, 15) is 0 Å². The zero-order valence-electron chi connectivity index (χ0n) is 11.7.